The SMILES string of the molecule is CNc1cnn(C)c1N1CCCC(N)CC1. The molecule has 1 saturated heterocycles. The summed E-state index contributed by atoms with van der Waals surface area (Å²) in [7, 11) is 3.92. The molecule has 0 aliphatic carbocycles. The number of hydrogen-bond donors (Lipinski definition) is 2. The summed E-state index contributed by atoms with van der Waals surface area (Å²) in [5.74, 6) is 1.18. The maximum absolute atomic E-state index is 5.99. The highest BCUT2D eigenvalue weighted by Crippen LogP contribution is 2.26. The molecule has 0 amide bonds. The molecule has 0 saturated carbocycles. The third-order valence-corrected chi connectivity index (χ3v) is 3.25. The van der Waals surface area contributed by atoms with Crippen LogP contribution in [0.25, 0.3) is 0 Å². The quantitative estimate of drug-likeness (QED) is 0.778. The predicted molar refractivity (Wildman–Crippen MR) is 66.8 cm³/mol. The van der Waals surface area contributed by atoms with E-state index in [2.05, 4.69) is 15.3 Å². The number of hydrogen-bond acceptors (Lipinski definition) is 4. The number of aromatic nitrogens is 2. The van der Waals surface area contributed by atoms with E-state index in [1.54, 1.807) is 0 Å². The van der Waals surface area contributed by atoms with Gasteiger partial charge in [0.1, 0.15) is 5.82 Å². The van der Waals surface area contributed by atoms with Gasteiger partial charge in [0.2, 0.25) is 0 Å². The van der Waals surface area contributed by atoms with Crippen molar-refractivity contribution in [3.05, 3.63) is 6.20 Å². The average Bonchev–Trinajstić information content (AvgIpc) is 2.51. The van der Waals surface area contributed by atoms with E-state index >= 15 is 0 Å². The van der Waals surface area contributed by atoms with E-state index in [-0.39, 0.29) is 0 Å². The van der Waals surface area contributed by atoms with Crippen LogP contribution in [0.5, 0.6) is 0 Å². The Kier molecular flexibility index (Phi) is 3.33. The molecule has 0 bridgehead atoms. The van der Waals surface area contributed by atoms with Crippen LogP contribution in [0.2, 0.25) is 0 Å². The maximum Gasteiger partial charge on any atom is 0.150 e. The van der Waals surface area contributed by atoms with Crippen LogP contribution in [0, 0.1) is 0 Å². The van der Waals surface area contributed by atoms with E-state index in [9.17, 15) is 0 Å². The van der Waals surface area contributed by atoms with E-state index < -0.39 is 0 Å². The smallest absolute Gasteiger partial charge is 0.150 e. The van der Waals surface area contributed by atoms with Gasteiger partial charge in [-0.15, -0.1) is 0 Å². The second kappa shape index (κ2) is 4.74. The van der Waals surface area contributed by atoms with Crippen molar-refractivity contribution < 1.29 is 0 Å². The van der Waals surface area contributed by atoms with Crippen molar-refractivity contribution >= 4 is 11.5 Å². The second-order valence-electron chi connectivity index (χ2n) is 4.43. The van der Waals surface area contributed by atoms with E-state index in [1.807, 2.05) is 25.0 Å². The Balaban J connectivity index is 2.18. The summed E-state index contributed by atoms with van der Waals surface area (Å²) in [5.41, 5.74) is 7.09. The van der Waals surface area contributed by atoms with Gasteiger partial charge in [0.15, 0.2) is 0 Å². The molecule has 90 valence electrons. The standard InChI is InChI=1S/C11H21N5/c1-13-10-8-14-15(2)11(10)16-6-3-4-9(12)5-7-16/h8-9,13H,3-7,12H2,1-2H3. The lowest BCUT2D eigenvalue weighted by Gasteiger charge is -2.23. The molecule has 1 fully saturated rings. The number of anilines is 2. The Labute approximate surface area is 96.6 Å². The molecule has 3 N–H and O–H groups in total. The fraction of sp³-hybridized carbons (Fsp3) is 0.727. The van der Waals surface area contributed by atoms with Crippen LogP contribution in [0.1, 0.15) is 19.3 Å². The van der Waals surface area contributed by atoms with Crippen molar-refractivity contribution in [2.24, 2.45) is 12.8 Å². The Morgan fingerprint density at radius 1 is 1.44 bits per heavy atom. The molecule has 0 aromatic carbocycles. The minimum atomic E-state index is 0.358. The lowest BCUT2D eigenvalue weighted by Crippen LogP contribution is -2.28. The van der Waals surface area contributed by atoms with Crippen molar-refractivity contribution in [1.82, 2.24) is 9.78 Å². The maximum atomic E-state index is 5.99. The van der Waals surface area contributed by atoms with Crippen molar-refractivity contribution in [3.8, 4) is 0 Å². The van der Waals surface area contributed by atoms with Crippen LogP contribution in [0.15, 0.2) is 6.20 Å². The molecule has 16 heavy (non-hydrogen) atoms. The molecule has 0 radical (unpaired) electrons. The van der Waals surface area contributed by atoms with Crippen molar-refractivity contribution in [3.63, 3.8) is 0 Å². The van der Waals surface area contributed by atoms with Crippen LogP contribution in [0.3, 0.4) is 0 Å². The molecule has 5 nitrogen and oxygen atoms in total. The molecule has 1 aliphatic rings. The normalized spacial score (nSPS) is 21.9. The largest absolute Gasteiger partial charge is 0.384 e. The zero-order valence-corrected chi connectivity index (χ0v) is 10.1. The molecular weight excluding hydrogens is 202 g/mol. The van der Waals surface area contributed by atoms with E-state index in [1.165, 1.54) is 5.82 Å². The molecule has 2 rings (SSSR count). The Bertz CT molecular complexity index is 346. The minimum Gasteiger partial charge on any atom is -0.384 e. The van der Waals surface area contributed by atoms with Crippen molar-refractivity contribution in [2.45, 2.75) is 25.3 Å². The van der Waals surface area contributed by atoms with Crippen LogP contribution in [-0.2, 0) is 7.05 Å². The summed E-state index contributed by atoms with van der Waals surface area (Å²) < 4.78 is 1.93. The van der Waals surface area contributed by atoms with E-state index in [4.69, 9.17) is 5.73 Å². The van der Waals surface area contributed by atoms with Gasteiger partial charge >= 0.3 is 0 Å². The summed E-state index contributed by atoms with van der Waals surface area (Å²) >= 11 is 0. The van der Waals surface area contributed by atoms with Gasteiger partial charge in [-0.1, -0.05) is 0 Å². The number of aryl methyl sites for hydroxylation is 1. The van der Waals surface area contributed by atoms with Crippen LogP contribution in [0.4, 0.5) is 11.5 Å². The fourth-order valence-electron chi connectivity index (χ4n) is 2.32. The van der Waals surface area contributed by atoms with E-state index in [0.29, 0.717) is 6.04 Å². The lowest BCUT2D eigenvalue weighted by atomic mass is 10.1. The highest BCUT2D eigenvalue weighted by molar-refractivity contribution is 5.65. The summed E-state index contributed by atoms with van der Waals surface area (Å²) in [4.78, 5) is 2.38. The van der Waals surface area contributed by atoms with Gasteiger partial charge < -0.3 is 16.0 Å². The Hall–Kier alpha value is -1.23. The monoisotopic (exact) mass is 223 g/mol. The second-order valence-corrected chi connectivity index (χ2v) is 4.43. The molecular formula is C11H21N5. The first-order chi connectivity index (χ1) is 7.72. The molecule has 1 aromatic heterocycles. The van der Waals surface area contributed by atoms with Crippen LogP contribution < -0.4 is 16.0 Å². The Morgan fingerprint density at radius 2 is 2.25 bits per heavy atom. The highest BCUT2D eigenvalue weighted by atomic mass is 15.4. The van der Waals surface area contributed by atoms with Crippen molar-refractivity contribution in [1.29, 1.82) is 0 Å². The summed E-state index contributed by atoms with van der Waals surface area (Å²) in [6.07, 6.45) is 5.23. The molecule has 2 heterocycles. The molecule has 5 heteroatoms. The molecule has 1 unspecified atom stereocenters. The fourth-order valence-corrected chi connectivity index (χ4v) is 2.32. The number of rotatable bonds is 2. The zero-order chi connectivity index (χ0) is 11.5. The topological polar surface area (TPSA) is 59.1 Å². The third kappa shape index (κ3) is 2.14. The minimum absolute atomic E-state index is 0.358. The summed E-state index contributed by atoms with van der Waals surface area (Å²) in [6.45, 7) is 2.09. The number of nitrogens with two attached hydrogens (primary N) is 1. The lowest BCUT2D eigenvalue weighted by molar-refractivity contribution is 0.601. The predicted octanol–water partition coefficient (Wildman–Crippen LogP) is 0.779. The molecule has 0 spiro atoms. The van der Waals surface area contributed by atoms with Gasteiger partial charge in [-0.2, -0.15) is 5.10 Å². The first-order valence-corrected chi connectivity index (χ1v) is 5.92. The molecule has 1 aromatic rings. The van der Waals surface area contributed by atoms with Crippen LogP contribution >= 0.6 is 0 Å². The third-order valence-electron chi connectivity index (χ3n) is 3.25. The Morgan fingerprint density at radius 3 is 3.00 bits per heavy atom. The van der Waals surface area contributed by atoms with Gasteiger partial charge in [-0.05, 0) is 19.3 Å². The van der Waals surface area contributed by atoms with Gasteiger partial charge in [0, 0.05) is 33.2 Å². The number of nitrogens with one attached hydrogen (secondary N) is 1. The van der Waals surface area contributed by atoms with Gasteiger partial charge in [-0.3, -0.25) is 4.68 Å². The average molecular weight is 223 g/mol. The van der Waals surface area contributed by atoms with Crippen molar-refractivity contribution in [2.75, 3.05) is 30.4 Å². The highest BCUT2D eigenvalue weighted by Gasteiger charge is 2.19. The summed E-state index contributed by atoms with van der Waals surface area (Å²) in [5, 5.41) is 7.48. The summed E-state index contributed by atoms with van der Waals surface area (Å²) in [6, 6.07) is 0.358. The van der Waals surface area contributed by atoms with Gasteiger partial charge in [0.25, 0.3) is 0 Å². The first-order valence-electron chi connectivity index (χ1n) is 5.92. The first kappa shape index (κ1) is 11.3. The number of nitrogens with zero attached hydrogens (tertiary/aromatic N) is 3. The zero-order valence-electron chi connectivity index (χ0n) is 10.1. The molecule has 1 atom stereocenters. The van der Waals surface area contributed by atoms with Gasteiger partial charge in [-0.25, -0.2) is 0 Å². The van der Waals surface area contributed by atoms with Gasteiger partial charge in [0.05, 0.1) is 11.9 Å². The molecule has 1 aliphatic heterocycles. The van der Waals surface area contributed by atoms with Crippen LogP contribution in [-0.4, -0.2) is 36.0 Å². The van der Waals surface area contributed by atoms with E-state index in [0.717, 1.165) is 38.0 Å².